The predicted octanol–water partition coefficient (Wildman–Crippen LogP) is 3.37. The summed E-state index contributed by atoms with van der Waals surface area (Å²) in [5, 5.41) is 0. The Balaban J connectivity index is 2.11. The number of hydrogen-bond donors (Lipinski definition) is 0. The number of aryl methyl sites for hydroxylation is 1. The number of nitrogens with zero attached hydrogens (tertiary/aromatic N) is 1. The van der Waals surface area contributed by atoms with E-state index in [0.29, 0.717) is 11.5 Å². The summed E-state index contributed by atoms with van der Waals surface area (Å²) < 4.78 is 0. The molecule has 0 aromatic heterocycles. The summed E-state index contributed by atoms with van der Waals surface area (Å²) in [6.07, 6.45) is 2.71. The molecule has 0 spiro atoms. The Kier molecular flexibility index (Phi) is 3.07. The molecule has 0 aliphatic heterocycles. The smallest absolute Gasteiger partial charge is 0.00809 e. The molecule has 1 nitrogen and oxygen atoms in total. The van der Waals surface area contributed by atoms with E-state index in [0.717, 1.165) is 0 Å². The van der Waals surface area contributed by atoms with E-state index in [1.54, 1.807) is 0 Å². The van der Waals surface area contributed by atoms with Crippen LogP contribution >= 0.6 is 0 Å². The largest absolute Gasteiger partial charge is 0.303 e. The molecule has 0 saturated heterocycles. The molecule has 0 N–H and O–H groups in total. The summed E-state index contributed by atoms with van der Waals surface area (Å²) in [6.45, 7) is 7.90. The molecule has 0 atom stereocenters. The molecule has 1 saturated carbocycles. The van der Waals surface area contributed by atoms with Crippen LogP contribution < -0.4 is 0 Å². The number of hydrogen-bond acceptors (Lipinski definition) is 1. The minimum absolute atomic E-state index is 0.465. The molecule has 2 rings (SSSR count). The molecule has 0 bridgehead atoms. The van der Waals surface area contributed by atoms with E-state index in [4.69, 9.17) is 0 Å². The second-order valence-electron chi connectivity index (χ2n) is 5.66. The summed E-state index contributed by atoms with van der Waals surface area (Å²) in [5.41, 5.74) is 3.36. The van der Waals surface area contributed by atoms with E-state index in [2.05, 4.69) is 57.0 Å². The first-order valence-electron chi connectivity index (χ1n) is 6.31. The average Bonchev–Trinajstić information content (AvgIpc) is 2.99. The number of likely N-dealkylation sites (N-methyl/N-ethyl adjacent to an activating group) is 1. The molecule has 16 heavy (non-hydrogen) atoms. The van der Waals surface area contributed by atoms with Crippen LogP contribution in [-0.4, -0.2) is 24.5 Å². The third-order valence-electron chi connectivity index (χ3n) is 3.95. The van der Waals surface area contributed by atoms with Crippen molar-refractivity contribution in [2.24, 2.45) is 0 Å². The summed E-state index contributed by atoms with van der Waals surface area (Å²) in [7, 11) is 2.24. The standard InChI is InChI=1S/C15H23N/c1-12(2)16(4)11-15(9-10-15)14-7-5-13(3)6-8-14/h5-8,12H,9-11H2,1-4H3. The summed E-state index contributed by atoms with van der Waals surface area (Å²) >= 11 is 0. The lowest BCUT2D eigenvalue weighted by molar-refractivity contribution is 0.249. The number of rotatable bonds is 4. The predicted molar refractivity (Wildman–Crippen MR) is 69.9 cm³/mol. The molecule has 0 heterocycles. The van der Waals surface area contributed by atoms with Gasteiger partial charge in [0.1, 0.15) is 0 Å². The van der Waals surface area contributed by atoms with E-state index in [9.17, 15) is 0 Å². The maximum absolute atomic E-state index is 2.47. The van der Waals surface area contributed by atoms with Gasteiger partial charge in [-0.1, -0.05) is 29.8 Å². The second kappa shape index (κ2) is 4.21. The van der Waals surface area contributed by atoms with Crippen molar-refractivity contribution in [2.75, 3.05) is 13.6 Å². The summed E-state index contributed by atoms with van der Waals surface area (Å²) in [5.74, 6) is 0. The quantitative estimate of drug-likeness (QED) is 0.747. The van der Waals surface area contributed by atoms with Crippen LogP contribution in [0.5, 0.6) is 0 Å². The first kappa shape index (κ1) is 11.7. The van der Waals surface area contributed by atoms with Crippen LogP contribution in [0.2, 0.25) is 0 Å². The fourth-order valence-corrected chi connectivity index (χ4v) is 2.26. The fourth-order valence-electron chi connectivity index (χ4n) is 2.26. The maximum Gasteiger partial charge on any atom is 0.00809 e. The van der Waals surface area contributed by atoms with Gasteiger partial charge in [-0.05, 0) is 46.2 Å². The molecule has 0 unspecified atom stereocenters. The van der Waals surface area contributed by atoms with Crippen molar-refractivity contribution in [1.29, 1.82) is 0 Å². The molecule has 1 aliphatic rings. The molecular formula is C15H23N. The lowest BCUT2D eigenvalue weighted by atomic mass is 9.94. The van der Waals surface area contributed by atoms with Gasteiger partial charge < -0.3 is 4.90 Å². The zero-order chi connectivity index (χ0) is 11.8. The molecule has 0 amide bonds. The molecule has 1 heteroatoms. The van der Waals surface area contributed by atoms with Gasteiger partial charge >= 0.3 is 0 Å². The van der Waals surface area contributed by atoms with Crippen LogP contribution in [-0.2, 0) is 5.41 Å². The monoisotopic (exact) mass is 217 g/mol. The van der Waals surface area contributed by atoms with Gasteiger partial charge in [0, 0.05) is 18.0 Å². The van der Waals surface area contributed by atoms with Gasteiger partial charge in [0.25, 0.3) is 0 Å². The van der Waals surface area contributed by atoms with Crippen LogP contribution in [0, 0.1) is 6.92 Å². The van der Waals surface area contributed by atoms with Crippen LogP contribution in [0.3, 0.4) is 0 Å². The van der Waals surface area contributed by atoms with Crippen molar-refractivity contribution in [1.82, 2.24) is 4.90 Å². The van der Waals surface area contributed by atoms with Gasteiger partial charge in [0.05, 0.1) is 0 Å². The van der Waals surface area contributed by atoms with Gasteiger partial charge in [-0.3, -0.25) is 0 Å². The van der Waals surface area contributed by atoms with Crippen molar-refractivity contribution in [3.05, 3.63) is 35.4 Å². The number of benzene rings is 1. The molecular weight excluding hydrogens is 194 g/mol. The van der Waals surface area contributed by atoms with Crippen molar-refractivity contribution in [2.45, 2.75) is 45.1 Å². The minimum atomic E-state index is 0.465. The highest BCUT2D eigenvalue weighted by Crippen LogP contribution is 2.48. The van der Waals surface area contributed by atoms with E-state index in [-0.39, 0.29) is 0 Å². The van der Waals surface area contributed by atoms with E-state index >= 15 is 0 Å². The molecule has 0 radical (unpaired) electrons. The highest BCUT2D eigenvalue weighted by molar-refractivity contribution is 5.33. The molecule has 1 aromatic carbocycles. The Labute approximate surface area is 99.5 Å². The molecule has 1 aromatic rings. The Morgan fingerprint density at radius 2 is 1.75 bits per heavy atom. The van der Waals surface area contributed by atoms with Gasteiger partial charge in [0.2, 0.25) is 0 Å². The molecule has 1 aliphatic carbocycles. The van der Waals surface area contributed by atoms with Gasteiger partial charge in [0.15, 0.2) is 0 Å². The average molecular weight is 217 g/mol. The highest BCUT2D eigenvalue weighted by atomic mass is 15.1. The first-order chi connectivity index (χ1) is 7.53. The Morgan fingerprint density at radius 1 is 1.19 bits per heavy atom. The third kappa shape index (κ3) is 2.30. The topological polar surface area (TPSA) is 3.24 Å². The van der Waals surface area contributed by atoms with Crippen LogP contribution in [0.15, 0.2) is 24.3 Å². The minimum Gasteiger partial charge on any atom is -0.303 e. The summed E-state index contributed by atoms with van der Waals surface area (Å²) in [4.78, 5) is 2.47. The van der Waals surface area contributed by atoms with Crippen molar-refractivity contribution in [3.8, 4) is 0 Å². The van der Waals surface area contributed by atoms with Crippen molar-refractivity contribution >= 4 is 0 Å². The molecule has 1 fully saturated rings. The van der Waals surface area contributed by atoms with Crippen LogP contribution in [0.25, 0.3) is 0 Å². The Morgan fingerprint density at radius 3 is 2.19 bits per heavy atom. The van der Waals surface area contributed by atoms with E-state index in [1.807, 2.05) is 0 Å². The molecule has 88 valence electrons. The van der Waals surface area contributed by atoms with E-state index in [1.165, 1.54) is 30.5 Å². The zero-order valence-corrected chi connectivity index (χ0v) is 11.0. The van der Waals surface area contributed by atoms with Gasteiger partial charge in [-0.2, -0.15) is 0 Å². The SMILES string of the molecule is Cc1ccc(C2(CN(C)C(C)C)CC2)cc1. The second-order valence-corrected chi connectivity index (χ2v) is 5.66. The van der Waals surface area contributed by atoms with Crippen molar-refractivity contribution < 1.29 is 0 Å². The first-order valence-corrected chi connectivity index (χ1v) is 6.31. The Hall–Kier alpha value is -0.820. The zero-order valence-electron chi connectivity index (χ0n) is 11.0. The van der Waals surface area contributed by atoms with E-state index < -0.39 is 0 Å². The maximum atomic E-state index is 2.47. The Bertz CT molecular complexity index is 346. The lowest BCUT2D eigenvalue weighted by Crippen LogP contribution is -2.34. The fraction of sp³-hybridized carbons (Fsp3) is 0.600. The van der Waals surface area contributed by atoms with Gasteiger partial charge in [-0.25, -0.2) is 0 Å². The van der Waals surface area contributed by atoms with Gasteiger partial charge in [-0.15, -0.1) is 0 Å². The van der Waals surface area contributed by atoms with Crippen LogP contribution in [0.1, 0.15) is 37.8 Å². The van der Waals surface area contributed by atoms with Crippen molar-refractivity contribution in [3.63, 3.8) is 0 Å². The van der Waals surface area contributed by atoms with Crippen LogP contribution in [0.4, 0.5) is 0 Å². The lowest BCUT2D eigenvalue weighted by Gasteiger charge is -2.27. The summed E-state index contributed by atoms with van der Waals surface area (Å²) in [6, 6.07) is 9.76. The third-order valence-corrected chi connectivity index (χ3v) is 3.95. The normalized spacial score (nSPS) is 18.1. The highest BCUT2D eigenvalue weighted by Gasteiger charge is 2.44.